The molecule has 0 spiro atoms. The molecule has 4 atom stereocenters. The molecule has 1 saturated heterocycles. The SMILES string of the molecule is CCOc1cccc([C@H]2C3=CCn4c(=O)n(CCc5nc6cc(OC)c(OC)cc6n(C)c5=O)c(=O)n4[C@@H]3C[C@@]3(Cl)C(=O)N(c4c(F)c(F)c(F)c(F)c4F)C(=O)[C@@]23Cl)c1O. The standard InChI is InChI=1S/C39H31Cl2F5N6O9/c1-5-61-22-8-6-7-17(32(22)53)25-16-9-12-50-36(57)49(11-10-18-33(54)48(2)20-14-24(60-4)23(59-3)13-19(20)47-18)37(58)52(50)21(16)15-38(40)34(55)51(35(56)39(25,38)41)31-29(45)27(43)26(42)28(44)30(31)46/h6-9,13-14,21,25,53H,5,10-12,15H2,1-4H3/t21-,25-,38-,39+/m1/s1. The van der Waals surface area contributed by atoms with Crippen molar-refractivity contribution >= 4 is 51.7 Å². The third-order valence-corrected chi connectivity index (χ3v) is 12.8. The van der Waals surface area contributed by atoms with Crippen LogP contribution in [0.4, 0.5) is 27.6 Å². The largest absolute Gasteiger partial charge is 0.504 e. The maximum Gasteiger partial charge on any atom is 0.347 e. The van der Waals surface area contributed by atoms with Gasteiger partial charge in [0.2, 0.25) is 5.82 Å². The van der Waals surface area contributed by atoms with Crippen LogP contribution in [0.15, 0.2) is 56.4 Å². The number of fused-ring (bicyclic) bond motifs is 5. The first-order chi connectivity index (χ1) is 28.9. The molecule has 320 valence electrons. The van der Waals surface area contributed by atoms with Crippen molar-refractivity contribution in [2.24, 2.45) is 7.05 Å². The molecule has 2 aliphatic heterocycles. The number of rotatable bonds is 9. The molecule has 8 rings (SSSR count). The highest BCUT2D eigenvalue weighted by molar-refractivity contribution is 6.58. The highest BCUT2D eigenvalue weighted by atomic mass is 35.5. The van der Waals surface area contributed by atoms with Crippen molar-refractivity contribution in [3.63, 3.8) is 0 Å². The topological polar surface area (TPSA) is 169 Å². The minimum atomic E-state index is -2.89. The molecule has 2 amide bonds. The maximum absolute atomic E-state index is 15.4. The van der Waals surface area contributed by atoms with Crippen LogP contribution in [0, 0.1) is 29.1 Å². The average molecular weight is 894 g/mol. The number of amides is 2. The molecule has 0 bridgehead atoms. The van der Waals surface area contributed by atoms with E-state index in [2.05, 4.69) is 4.98 Å². The second-order valence-corrected chi connectivity index (χ2v) is 15.6. The Hall–Kier alpha value is -6.15. The van der Waals surface area contributed by atoms with Crippen LogP contribution in [0.3, 0.4) is 0 Å². The number of benzene rings is 3. The summed E-state index contributed by atoms with van der Waals surface area (Å²) in [5.41, 5.74) is -3.89. The zero-order valence-electron chi connectivity index (χ0n) is 32.2. The summed E-state index contributed by atoms with van der Waals surface area (Å²) >= 11 is 14.3. The molecular weight excluding hydrogens is 862 g/mol. The fourth-order valence-electron chi connectivity index (χ4n) is 8.55. The number of carbonyl (C=O) groups excluding carboxylic acids is 2. The molecule has 3 aliphatic rings. The van der Waals surface area contributed by atoms with Gasteiger partial charge < -0.3 is 23.9 Å². The summed E-state index contributed by atoms with van der Waals surface area (Å²) < 4.78 is 94.3. The van der Waals surface area contributed by atoms with Crippen LogP contribution >= 0.6 is 23.2 Å². The number of hydrogen-bond donors (Lipinski definition) is 1. The number of hydrogen-bond acceptors (Lipinski definition) is 10. The lowest BCUT2D eigenvalue weighted by Gasteiger charge is -2.49. The molecule has 15 nitrogen and oxygen atoms in total. The summed E-state index contributed by atoms with van der Waals surface area (Å²) in [7, 11) is 4.34. The third-order valence-electron chi connectivity index (χ3n) is 11.4. The molecule has 1 saturated carbocycles. The van der Waals surface area contributed by atoms with Crippen molar-refractivity contribution in [3.8, 4) is 23.0 Å². The number of phenolic OH excluding ortho intramolecular Hbond substituents is 1. The summed E-state index contributed by atoms with van der Waals surface area (Å²) in [6.45, 7) is 0.853. The van der Waals surface area contributed by atoms with Gasteiger partial charge in [-0.1, -0.05) is 18.2 Å². The molecular formula is C39H31Cl2F5N6O9. The lowest BCUT2D eigenvalue weighted by molar-refractivity contribution is -0.122. The summed E-state index contributed by atoms with van der Waals surface area (Å²) in [6, 6.07) is 5.63. The highest BCUT2D eigenvalue weighted by Crippen LogP contribution is 2.65. The fourth-order valence-corrected chi connectivity index (χ4v) is 9.45. The second kappa shape index (κ2) is 14.5. The van der Waals surface area contributed by atoms with E-state index in [9.17, 15) is 42.3 Å². The minimum absolute atomic E-state index is 0.0179. The molecule has 1 N–H and O–H groups in total. The Labute approximate surface area is 349 Å². The molecule has 0 unspecified atom stereocenters. The minimum Gasteiger partial charge on any atom is -0.504 e. The number of allylic oxidation sites excluding steroid dienone is 2. The van der Waals surface area contributed by atoms with Gasteiger partial charge in [0.15, 0.2) is 56.0 Å². The van der Waals surface area contributed by atoms with Crippen LogP contribution in [-0.4, -0.2) is 71.0 Å². The first-order valence-corrected chi connectivity index (χ1v) is 19.1. The van der Waals surface area contributed by atoms with Gasteiger partial charge in [-0.05, 0) is 18.6 Å². The van der Waals surface area contributed by atoms with Crippen LogP contribution in [-0.2, 0) is 36.1 Å². The van der Waals surface area contributed by atoms with Gasteiger partial charge in [-0.15, -0.1) is 23.2 Å². The maximum atomic E-state index is 15.4. The predicted molar refractivity (Wildman–Crippen MR) is 206 cm³/mol. The number of ether oxygens (including phenoxy) is 3. The van der Waals surface area contributed by atoms with Crippen molar-refractivity contribution in [2.75, 3.05) is 25.7 Å². The Balaban J connectivity index is 1.27. The second-order valence-electron chi connectivity index (χ2n) is 14.4. The molecule has 2 fully saturated rings. The Kier molecular flexibility index (Phi) is 9.88. The Morgan fingerprint density at radius 3 is 2.16 bits per heavy atom. The van der Waals surface area contributed by atoms with Gasteiger partial charge in [0.25, 0.3) is 17.4 Å². The van der Waals surface area contributed by atoms with Gasteiger partial charge in [0, 0.05) is 50.0 Å². The third kappa shape index (κ3) is 5.60. The van der Waals surface area contributed by atoms with Gasteiger partial charge in [0.1, 0.15) is 11.4 Å². The van der Waals surface area contributed by atoms with E-state index in [1.165, 1.54) is 50.1 Å². The number of alkyl halides is 2. The van der Waals surface area contributed by atoms with Crippen LogP contribution in [0.25, 0.3) is 11.0 Å². The summed E-state index contributed by atoms with van der Waals surface area (Å²) in [6.07, 6.45) is 0.287. The van der Waals surface area contributed by atoms with Crippen LogP contribution in [0.1, 0.15) is 36.6 Å². The van der Waals surface area contributed by atoms with E-state index < -0.39 is 104 Å². The number of aromatic nitrogens is 5. The smallest absolute Gasteiger partial charge is 0.347 e. The number of phenols is 1. The Morgan fingerprint density at radius 1 is 0.885 bits per heavy atom. The molecule has 61 heavy (non-hydrogen) atoms. The van der Waals surface area contributed by atoms with Crippen LogP contribution in [0.5, 0.6) is 23.0 Å². The first kappa shape index (κ1) is 41.6. The highest BCUT2D eigenvalue weighted by Gasteiger charge is 2.76. The average Bonchev–Trinajstić information content (AvgIpc) is 3.57. The van der Waals surface area contributed by atoms with Gasteiger partial charge in [0.05, 0.1) is 44.4 Å². The van der Waals surface area contributed by atoms with Crippen LogP contribution < -0.4 is 36.0 Å². The molecule has 3 aromatic carbocycles. The summed E-state index contributed by atoms with van der Waals surface area (Å²) in [5, 5.41) is 11.5. The first-order valence-electron chi connectivity index (χ1n) is 18.4. The quantitative estimate of drug-likeness (QED) is 0.0562. The van der Waals surface area contributed by atoms with E-state index in [1.54, 1.807) is 19.1 Å². The van der Waals surface area contributed by atoms with Crippen molar-refractivity contribution < 1.29 is 50.9 Å². The zero-order chi connectivity index (χ0) is 44.2. The van der Waals surface area contributed by atoms with Gasteiger partial charge >= 0.3 is 11.4 Å². The number of aromatic hydroxyl groups is 1. The van der Waals surface area contributed by atoms with E-state index in [0.29, 0.717) is 22.5 Å². The molecule has 4 heterocycles. The molecule has 22 heteroatoms. The van der Waals surface area contributed by atoms with E-state index in [4.69, 9.17) is 37.4 Å². The normalized spacial score (nSPS) is 22.0. The number of methoxy groups -OCH3 is 2. The number of halogens is 7. The van der Waals surface area contributed by atoms with Crippen molar-refractivity contribution in [1.82, 2.24) is 23.5 Å². The van der Waals surface area contributed by atoms with E-state index >= 15 is 8.78 Å². The van der Waals surface area contributed by atoms with Crippen molar-refractivity contribution in [3.05, 3.63) is 114 Å². The molecule has 0 radical (unpaired) electrons. The zero-order valence-corrected chi connectivity index (χ0v) is 33.7. The summed E-state index contributed by atoms with van der Waals surface area (Å²) in [4.78, 5) is 69.2. The van der Waals surface area contributed by atoms with Gasteiger partial charge in [-0.3, -0.25) is 14.4 Å². The Morgan fingerprint density at radius 2 is 1.52 bits per heavy atom. The number of nitrogens with zero attached hydrogens (tertiary/aromatic N) is 6. The van der Waals surface area contributed by atoms with Gasteiger partial charge in [-0.2, -0.15) is 0 Å². The summed E-state index contributed by atoms with van der Waals surface area (Å²) in [5.74, 6) is -17.9. The van der Waals surface area contributed by atoms with Crippen molar-refractivity contribution in [2.45, 2.75) is 54.6 Å². The van der Waals surface area contributed by atoms with Gasteiger partial charge in [-0.25, -0.2) is 55.4 Å². The molecule has 2 aromatic heterocycles. The number of aryl methyl sites for hydroxylation is 2. The molecule has 5 aromatic rings. The lowest BCUT2D eigenvalue weighted by atomic mass is 9.64. The predicted octanol–water partition coefficient (Wildman–Crippen LogP) is 4.32. The number of carbonyl (C=O) groups is 2. The number of imide groups is 1. The van der Waals surface area contributed by atoms with E-state index in [0.717, 1.165) is 13.9 Å². The van der Waals surface area contributed by atoms with Crippen LogP contribution in [0.2, 0.25) is 0 Å². The lowest BCUT2D eigenvalue weighted by Crippen LogP contribution is -2.59. The van der Waals surface area contributed by atoms with Crippen molar-refractivity contribution in [1.29, 1.82) is 0 Å². The fraction of sp³-hybridized carbons (Fsp3) is 0.333. The number of anilines is 1. The van der Waals surface area contributed by atoms with E-state index in [-0.39, 0.29) is 47.1 Å². The Bertz CT molecular complexity index is 2960. The number of para-hydroxylation sites is 1. The van der Waals surface area contributed by atoms with E-state index in [1.807, 2.05) is 0 Å². The monoisotopic (exact) mass is 892 g/mol. The molecule has 1 aliphatic carbocycles.